The molecule has 9 heavy (non-hydrogen) atoms. The van der Waals surface area contributed by atoms with Crippen molar-refractivity contribution in [1.82, 2.24) is 10.0 Å². The molecule has 0 N–H and O–H groups in total. The van der Waals surface area contributed by atoms with E-state index < -0.39 is 0 Å². The van der Waals surface area contributed by atoms with Crippen LogP contribution in [0.2, 0.25) is 0 Å². The summed E-state index contributed by atoms with van der Waals surface area (Å²) in [6.45, 7) is 3.66. The van der Waals surface area contributed by atoms with Crippen LogP contribution in [0.25, 0.3) is 0 Å². The van der Waals surface area contributed by atoms with Gasteiger partial charge in [0.15, 0.2) is 0 Å². The van der Waals surface area contributed by atoms with E-state index in [0.29, 0.717) is 19.1 Å². The SMILES string of the molecule is FN1CC(N2CCC2)C1. The van der Waals surface area contributed by atoms with Gasteiger partial charge in [0.25, 0.3) is 0 Å². The van der Waals surface area contributed by atoms with Gasteiger partial charge < -0.3 is 0 Å². The van der Waals surface area contributed by atoms with Crippen LogP contribution in [0.15, 0.2) is 0 Å². The van der Waals surface area contributed by atoms with Gasteiger partial charge in [0.05, 0.1) is 0 Å². The summed E-state index contributed by atoms with van der Waals surface area (Å²) in [5, 5.41) is 0.878. The van der Waals surface area contributed by atoms with Crippen LogP contribution in [-0.4, -0.2) is 42.2 Å². The lowest BCUT2D eigenvalue weighted by molar-refractivity contribution is -0.109. The fraction of sp³-hybridized carbons (Fsp3) is 1.00. The lowest BCUT2D eigenvalue weighted by Crippen LogP contribution is -2.60. The maximum atomic E-state index is 12.1. The second kappa shape index (κ2) is 1.92. The molecule has 2 aliphatic heterocycles. The molecule has 52 valence electrons. The molecule has 2 aliphatic rings. The standard InChI is InChI=1S/C6H11FN2/c7-9-4-6(5-9)8-2-1-3-8/h6H,1-5H2. The molecule has 2 heterocycles. The molecule has 0 atom stereocenters. The second-order valence-corrected chi connectivity index (χ2v) is 2.87. The van der Waals surface area contributed by atoms with Crippen molar-refractivity contribution in [3.05, 3.63) is 0 Å². The zero-order valence-electron chi connectivity index (χ0n) is 5.39. The summed E-state index contributed by atoms with van der Waals surface area (Å²) >= 11 is 0. The van der Waals surface area contributed by atoms with Gasteiger partial charge in [-0.15, -0.1) is 9.60 Å². The van der Waals surface area contributed by atoms with Gasteiger partial charge in [0.1, 0.15) is 0 Å². The number of likely N-dealkylation sites (tertiary alicyclic amines) is 1. The maximum Gasteiger partial charge on any atom is 0.0460 e. The van der Waals surface area contributed by atoms with Crippen LogP contribution in [0.5, 0.6) is 0 Å². The molecule has 0 aromatic rings. The zero-order chi connectivity index (χ0) is 6.27. The first-order chi connectivity index (χ1) is 4.36. The minimum atomic E-state index is 0.545. The van der Waals surface area contributed by atoms with Gasteiger partial charge in [-0.25, -0.2) is 0 Å². The second-order valence-electron chi connectivity index (χ2n) is 2.87. The summed E-state index contributed by atoms with van der Waals surface area (Å²) in [4.78, 5) is 2.34. The molecular formula is C6H11FN2. The average molecular weight is 130 g/mol. The molecule has 0 aromatic carbocycles. The zero-order valence-corrected chi connectivity index (χ0v) is 5.39. The van der Waals surface area contributed by atoms with E-state index in [2.05, 4.69) is 4.90 Å². The summed E-state index contributed by atoms with van der Waals surface area (Å²) < 4.78 is 12.1. The highest BCUT2D eigenvalue weighted by atomic mass is 19.2. The molecule has 2 nitrogen and oxygen atoms in total. The Hall–Kier alpha value is -0.150. The number of hydrogen-bond acceptors (Lipinski definition) is 2. The van der Waals surface area contributed by atoms with E-state index in [4.69, 9.17) is 0 Å². The van der Waals surface area contributed by atoms with Crippen molar-refractivity contribution in [2.75, 3.05) is 26.2 Å². The molecule has 3 heteroatoms. The van der Waals surface area contributed by atoms with Crippen LogP contribution in [0.4, 0.5) is 4.48 Å². The average Bonchev–Trinajstić information content (AvgIpc) is 1.57. The lowest BCUT2D eigenvalue weighted by atomic mass is 10.1. The molecule has 2 rings (SSSR count). The third-order valence-electron chi connectivity index (χ3n) is 2.22. The molecule has 2 saturated heterocycles. The van der Waals surface area contributed by atoms with Crippen molar-refractivity contribution < 1.29 is 4.48 Å². The van der Waals surface area contributed by atoms with Crippen LogP contribution in [0, 0.1) is 0 Å². The highest BCUT2D eigenvalue weighted by Crippen LogP contribution is 2.19. The molecule has 0 amide bonds. The van der Waals surface area contributed by atoms with Gasteiger partial charge in [0, 0.05) is 19.1 Å². The predicted octanol–water partition coefficient (Wildman–Crippen LogP) is 0.261. The summed E-state index contributed by atoms with van der Waals surface area (Å²) in [5.74, 6) is 0. The van der Waals surface area contributed by atoms with Gasteiger partial charge in [-0.3, -0.25) is 4.90 Å². The number of nitrogens with zero attached hydrogens (tertiary/aromatic N) is 2. The minimum Gasteiger partial charge on any atom is -0.298 e. The van der Waals surface area contributed by atoms with Crippen molar-refractivity contribution in [1.29, 1.82) is 0 Å². The summed E-state index contributed by atoms with van der Waals surface area (Å²) in [6, 6.07) is 0.545. The fourth-order valence-corrected chi connectivity index (χ4v) is 1.34. The van der Waals surface area contributed by atoms with Crippen LogP contribution in [-0.2, 0) is 0 Å². The predicted molar refractivity (Wildman–Crippen MR) is 32.7 cm³/mol. The van der Waals surface area contributed by atoms with Crippen molar-refractivity contribution >= 4 is 0 Å². The van der Waals surface area contributed by atoms with Gasteiger partial charge in [-0.05, 0) is 19.5 Å². The Morgan fingerprint density at radius 1 is 1.22 bits per heavy atom. The van der Waals surface area contributed by atoms with Crippen molar-refractivity contribution in [2.24, 2.45) is 0 Å². The minimum absolute atomic E-state index is 0.545. The van der Waals surface area contributed by atoms with E-state index in [1.54, 1.807) is 0 Å². The van der Waals surface area contributed by atoms with Gasteiger partial charge in [0.2, 0.25) is 0 Å². The van der Waals surface area contributed by atoms with Crippen molar-refractivity contribution in [3.8, 4) is 0 Å². The first-order valence-corrected chi connectivity index (χ1v) is 3.51. The number of hydrogen-bond donors (Lipinski definition) is 0. The van der Waals surface area contributed by atoms with E-state index >= 15 is 0 Å². The highest BCUT2D eigenvalue weighted by molar-refractivity contribution is 4.87. The molecule has 0 aliphatic carbocycles. The monoisotopic (exact) mass is 130 g/mol. The summed E-state index contributed by atoms with van der Waals surface area (Å²) in [5.41, 5.74) is 0. The first-order valence-electron chi connectivity index (χ1n) is 3.51. The summed E-state index contributed by atoms with van der Waals surface area (Å²) in [6.07, 6.45) is 1.31. The van der Waals surface area contributed by atoms with E-state index in [0.717, 1.165) is 5.12 Å². The van der Waals surface area contributed by atoms with Crippen LogP contribution in [0.3, 0.4) is 0 Å². The summed E-state index contributed by atoms with van der Waals surface area (Å²) in [7, 11) is 0. The number of halogens is 1. The molecule has 0 unspecified atom stereocenters. The molecule has 0 saturated carbocycles. The van der Waals surface area contributed by atoms with E-state index in [9.17, 15) is 4.48 Å². The smallest absolute Gasteiger partial charge is 0.0460 e. The quantitative estimate of drug-likeness (QED) is 0.470. The highest BCUT2D eigenvalue weighted by Gasteiger charge is 2.34. The van der Waals surface area contributed by atoms with E-state index in [1.807, 2.05) is 0 Å². The Kier molecular flexibility index (Phi) is 1.20. The lowest BCUT2D eigenvalue weighted by Gasteiger charge is -2.45. The fourth-order valence-electron chi connectivity index (χ4n) is 1.34. The van der Waals surface area contributed by atoms with Crippen LogP contribution >= 0.6 is 0 Å². The van der Waals surface area contributed by atoms with E-state index in [1.165, 1.54) is 19.5 Å². The Labute approximate surface area is 54.2 Å². The molecule has 0 radical (unpaired) electrons. The molecule has 0 spiro atoms. The Morgan fingerprint density at radius 3 is 2.22 bits per heavy atom. The number of rotatable bonds is 1. The Bertz CT molecular complexity index is 108. The Morgan fingerprint density at radius 2 is 1.89 bits per heavy atom. The third-order valence-corrected chi connectivity index (χ3v) is 2.22. The van der Waals surface area contributed by atoms with Gasteiger partial charge >= 0.3 is 0 Å². The largest absolute Gasteiger partial charge is 0.298 e. The van der Waals surface area contributed by atoms with Gasteiger partial charge in [-0.1, -0.05) is 0 Å². The van der Waals surface area contributed by atoms with Crippen LogP contribution < -0.4 is 0 Å². The molecular weight excluding hydrogens is 119 g/mol. The topological polar surface area (TPSA) is 6.48 Å². The maximum absolute atomic E-state index is 12.1. The third kappa shape index (κ3) is 0.843. The molecule has 2 fully saturated rings. The van der Waals surface area contributed by atoms with Crippen LogP contribution in [0.1, 0.15) is 6.42 Å². The Balaban J connectivity index is 1.75. The van der Waals surface area contributed by atoms with E-state index in [-0.39, 0.29) is 0 Å². The normalized spacial score (nSPS) is 31.7. The molecule has 0 bridgehead atoms. The first kappa shape index (κ1) is 5.62. The van der Waals surface area contributed by atoms with Crippen molar-refractivity contribution in [2.45, 2.75) is 12.5 Å². The van der Waals surface area contributed by atoms with Crippen molar-refractivity contribution in [3.63, 3.8) is 0 Å². The molecule has 0 aromatic heterocycles. The van der Waals surface area contributed by atoms with Gasteiger partial charge in [-0.2, -0.15) is 0 Å².